The van der Waals surface area contributed by atoms with Gasteiger partial charge in [-0.25, -0.2) is 0 Å². The zero-order valence-corrected chi connectivity index (χ0v) is 8.93. The van der Waals surface area contributed by atoms with Gasteiger partial charge in [-0.15, -0.1) is 11.7 Å². The lowest BCUT2D eigenvalue weighted by molar-refractivity contribution is -0.0883. The molecule has 0 radical (unpaired) electrons. The minimum atomic E-state index is -5.63. The maximum absolute atomic E-state index is 12.4. The molecule has 0 aliphatic heterocycles. The summed E-state index contributed by atoms with van der Waals surface area (Å²) < 4.78 is 74.2. The van der Waals surface area contributed by atoms with Crippen LogP contribution < -0.4 is 0 Å². The van der Waals surface area contributed by atoms with E-state index in [9.17, 15) is 24.8 Å². The molecule has 0 aromatic carbocycles. The lowest BCUT2D eigenvalue weighted by Gasteiger charge is -2.12. The molecule has 92 valence electrons. The van der Waals surface area contributed by atoms with E-state index in [1.165, 1.54) is 6.92 Å². The van der Waals surface area contributed by atoms with Crippen LogP contribution in [0.5, 0.6) is 0 Å². The van der Waals surface area contributed by atoms with Crippen molar-refractivity contribution in [3.63, 3.8) is 0 Å². The van der Waals surface area contributed by atoms with Gasteiger partial charge >= 0.3 is 6.18 Å². The molecule has 0 aromatic heterocycles. The molecule has 7 heteroatoms. The molecule has 0 unspecified atom stereocenters. The fraction of sp³-hybridized carbons (Fsp3) is 0.333. The first-order valence-electron chi connectivity index (χ1n) is 4.19. The number of halogens is 6. The largest absolute Gasteiger partial charge is 0.416 e. The second kappa shape index (κ2) is 4.20. The van der Waals surface area contributed by atoms with E-state index in [4.69, 9.17) is 0 Å². The summed E-state index contributed by atoms with van der Waals surface area (Å²) in [7, 11) is 0. The Morgan fingerprint density at radius 1 is 1.12 bits per heavy atom. The Balaban J connectivity index is 3.20. The fourth-order valence-electron chi connectivity index (χ4n) is 1.16. The van der Waals surface area contributed by atoms with Crippen molar-refractivity contribution >= 4 is 11.2 Å². The zero-order chi connectivity index (χ0) is 12.6. The Morgan fingerprint density at radius 2 is 1.69 bits per heavy atom. The molecule has 0 saturated heterocycles. The van der Waals surface area contributed by atoms with E-state index < -0.39 is 27.8 Å². The highest BCUT2D eigenvalue weighted by Gasteiger charge is 2.36. The summed E-state index contributed by atoms with van der Waals surface area (Å²) in [6.07, 6.45) is -3.15. The number of hydrogen-bond donors (Lipinski definition) is 0. The summed E-state index contributed by atoms with van der Waals surface area (Å²) in [5.74, 6) is 0. The molecule has 0 fully saturated rings. The number of alkyl halides is 3. The Labute approximate surface area is 90.5 Å². The highest BCUT2D eigenvalue weighted by atomic mass is 32.3. The van der Waals surface area contributed by atoms with Crippen molar-refractivity contribution in [2.45, 2.75) is 19.5 Å². The summed E-state index contributed by atoms with van der Waals surface area (Å²) in [4.78, 5) is -1.19. The monoisotopic (exact) mass is 262 g/mol. The first-order chi connectivity index (χ1) is 7.10. The molecule has 0 bridgehead atoms. The summed E-state index contributed by atoms with van der Waals surface area (Å²) in [5, 5.41) is 0. The second-order valence-corrected chi connectivity index (χ2v) is 4.59. The van der Waals surface area contributed by atoms with Gasteiger partial charge in [-0.05, 0) is 25.5 Å². The van der Waals surface area contributed by atoms with Crippen molar-refractivity contribution in [3.05, 3.63) is 34.3 Å². The van der Waals surface area contributed by atoms with Crippen LogP contribution in [0.4, 0.5) is 24.8 Å². The average Bonchev–Trinajstić information content (AvgIpc) is 2.24. The van der Waals surface area contributed by atoms with E-state index in [1.807, 2.05) is 0 Å². The molecule has 1 rings (SSSR count). The summed E-state index contributed by atoms with van der Waals surface area (Å²) in [5.41, 5.74) is -0.976. The van der Waals surface area contributed by atoms with Gasteiger partial charge in [0, 0.05) is 0 Å². The average molecular weight is 262 g/mol. The topological polar surface area (TPSA) is 0 Å². The van der Waals surface area contributed by atoms with Crippen LogP contribution in [0.2, 0.25) is 0 Å². The van der Waals surface area contributed by atoms with E-state index >= 15 is 0 Å². The van der Waals surface area contributed by atoms with Crippen LogP contribution >= 0.6 is 11.2 Å². The Morgan fingerprint density at radius 3 is 2.12 bits per heavy atom. The van der Waals surface area contributed by atoms with Crippen LogP contribution in [-0.2, 0) is 0 Å². The van der Waals surface area contributed by atoms with Crippen molar-refractivity contribution in [1.82, 2.24) is 0 Å². The Kier molecular flexibility index (Phi) is 3.47. The first-order valence-corrected chi connectivity index (χ1v) is 5.52. The minimum absolute atomic E-state index is 0.121. The van der Waals surface area contributed by atoms with Crippen LogP contribution in [-0.4, -0.2) is 6.18 Å². The molecule has 0 amide bonds. The molecule has 1 aliphatic carbocycles. The van der Waals surface area contributed by atoms with Gasteiger partial charge in [0.25, 0.3) is 0 Å². The molecule has 0 nitrogen and oxygen atoms in total. The third-order valence-electron chi connectivity index (χ3n) is 1.92. The van der Waals surface area contributed by atoms with Gasteiger partial charge in [0.15, 0.2) is 0 Å². The minimum Gasteiger partial charge on any atom is -0.166 e. The molecule has 1 aliphatic rings. The van der Waals surface area contributed by atoms with Crippen LogP contribution in [0.1, 0.15) is 13.3 Å². The van der Waals surface area contributed by atoms with Crippen LogP contribution in [0.25, 0.3) is 0 Å². The van der Waals surface area contributed by atoms with Gasteiger partial charge in [0.05, 0.1) is 10.5 Å². The third kappa shape index (κ3) is 3.33. The van der Waals surface area contributed by atoms with Gasteiger partial charge in [0.1, 0.15) is 0 Å². The predicted octanol–water partition coefficient (Wildman–Crippen LogP) is 5.17. The SMILES string of the molecule is CC1=CC(S(F)(F)F)=CC(C(F)(F)F)=CC1. The first kappa shape index (κ1) is 13.2. The fourth-order valence-corrected chi connectivity index (χ4v) is 1.75. The molecule has 0 saturated carbocycles. The van der Waals surface area contributed by atoms with Crippen molar-refractivity contribution < 1.29 is 24.8 Å². The molecule has 0 aromatic rings. The third-order valence-corrected chi connectivity index (χ3v) is 2.70. The number of hydrogen-bond acceptors (Lipinski definition) is 0. The van der Waals surface area contributed by atoms with E-state index in [1.54, 1.807) is 0 Å². The Hall–Kier alpha value is -0.850. The summed E-state index contributed by atoms with van der Waals surface area (Å²) in [6.45, 7) is 1.37. The molecule has 0 heterocycles. The van der Waals surface area contributed by atoms with Crippen LogP contribution in [0.15, 0.2) is 34.3 Å². The van der Waals surface area contributed by atoms with Gasteiger partial charge in [0.2, 0.25) is 11.2 Å². The molecule has 0 spiro atoms. The van der Waals surface area contributed by atoms with Gasteiger partial charge in [-0.3, -0.25) is 0 Å². The van der Waals surface area contributed by atoms with Gasteiger partial charge < -0.3 is 0 Å². The standard InChI is InChI=1S/C9H8F6S/c1-6-2-3-7(9(10,11)12)5-8(4-6)16(13,14)15/h3-5H,2H2,1H3. The Bertz CT molecular complexity index is 368. The van der Waals surface area contributed by atoms with Crippen molar-refractivity contribution in [2.24, 2.45) is 0 Å². The number of allylic oxidation sites excluding steroid dienone is 5. The maximum atomic E-state index is 12.4. The van der Waals surface area contributed by atoms with E-state index in [0.717, 1.165) is 12.2 Å². The van der Waals surface area contributed by atoms with Crippen LogP contribution in [0, 0.1) is 0 Å². The maximum Gasteiger partial charge on any atom is 0.416 e. The van der Waals surface area contributed by atoms with Crippen molar-refractivity contribution in [3.8, 4) is 0 Å². The zero-order valence-electron chi connectivity index (χ0n) is 8.12. The van der Waals surface area contributed by atoms with Crippen molar-refractivity contribution in [2.75, 3.05) is 0 Å². The highest BCUT2D eigenvalue weighted by molar-refractivity contribution is 8.24. The summed E-state index contributed by atoms with van der Waals surface area (Å²) in [6, 6.07) is 0. The molecule has 16 heavy (non-hydrogen) atoms. The lowest BCUT2D eigenvalue weighted by atomic mass is 10.2. The quantitative estimate of drug-likeness (QED) is 0.572. The van der Waals surface area contributed by atoms with E-state index in [0.29, 0.717) is 0 Å². The normalized spacial score (nSPS) is 19.6. The van der Waals surface area contributed by atoms with Gasteiger partial charge in [-0.2, -0.15) is 13.2 Å². The highest BCUT2D eigenvalue weighted by Crippen LogP contribution is 2.62. The summed E-state index contributed by atoms with van der Waals surface area (Å²) >= 11 is -5.63. The van der Waals surface area contributed by atoms with E-state index in [-0.39, 0.29) is 18.1 Å². The molecular weight excluding hydrogens is 254 g/mol. The molecule has 0 atom stereocenters. The van der Waals surface area contributed by atoms with Crippen molar-refractivity contribution in [1.29, 1.82) is 0 Å². The predicted molar refractivity (Wildman–Crippen MR) is 51.5 cm³/mol. The number of rotatable bonds is 1. The smallest absolute Gasteiger partial charge is 0.166 e. The van der Waals surface area contributed by atoms with Gasteiger partial charge in [-0.1, -0.05) is 11.6 Å². The molecule has 0 N–H and O–H groups in total. The van der Waals surface area contributed by atoms with E-state index in [2.05, 4.69) is 0 Å². The van der Waals surface area contributed by atoms with Crippen LogP contribution in [0.3, 0.4) is 0 Å². The second-order valence-electron chi connectivity index (χ2n) is 3.31. The lowest BCUT2D eigenvalue weighted by Crippen LogP contribution is -2.10. The molecular formula is C9H8F6S.